The molecule has 0 spiro atoms. The first kappa shape index (κ1) is 14.3. The Kier molecular flexibility index (Phi) is 5.29. The SMILES string of the molecule is CCC(C)N(CC)c1ccc(C(C)O)c(Cl)c1. The molecule has 0 aliphatic carbocycles. The van der Waals surface area contributed by atoms with Gasteiger partial charge >= 0.3 is 0 Å². The van der Waals surface area contributed by atoms with Crippen LogP contribution in [0.1, 0.15) is 45.8 Å². The molecule has 2 nitrogen and oxygen atoms in total. The zero-order valence-electron chi connectivity index (χ0n) is 11.1. The number of anilines is 1. The molecular formula is C14H22ClNO. The summed E-state index contributed by atoms with van der Waals surface area (Å²) in [7, 11) is 0. The maximum absolute atomic E-state index is 9.55. The third-order valence-corrected chi connectivity index (χ3v) is 3.56. The summed E-state index contributed by atoms with van der Waals surface area (Å²) >= 11 is 6.19. The number of rotatable bonds is 5. The highest BCUT2D eigenvalue weighted by Crippen LogP contribution is 2.29. The van der Waals surface area contributed by atoms with Crippen LogP contribution >= 0.6 is 11.6 Å². The van der Waals surface area contributed by atoms with Gasteiger partial charge in [-0.15, -0.1) is 0 Å². The van der Waals surface area contributed by atoms with E-state index in [2.05, 4.69) is 25.7 Å². The Morgan fingerprint density at radius 2 is 1.94 bits per heavy atom. The summed E-state index contributed by atoms with van der Waals surface area (Å²) in [4.78, 5) is 2.32. The molecule has 3 heteroatoms. The maximum Gasteiger partial charge on any atom is 0.0776 e. The van der Waals surface area contributed by atoms with Crippen LogP contribution in [0.5, 0.6) is 0 Å². The molecule has 0 radical (unpaired) electrons. The number of nitrogens with zero attached hydrogens (tertiary/aromatic N) is 1. The third kappa shape index (κ3) is 3.36. The molecule has 0 heterocycles. The van der Waals surface area contributed by atoms with Gasteiger partial charge in [0.05, 0.1) is 6.10 Å². The van der Waals surface area contributed by atoms with E-state index in [4.69, 9.17) is 11.6 Å². The molecule has 2 atom stereocenters. The summed E-state index contributed by atoms with van der Waals surface area (Å²) < 4.78 is 0. The van der Waals surface area contributed by atoms with Gasteiger partial charge in [-0.05, 0) is 44.9 Å². The van der Waals surface area contributed by atoms with Crippen molar-refractivity contribution in [2.45, 2.75) is 46.3 Å². The van der Waals surface area contributed by atoms with Crippen molar-refractivity contribution in [1.29, 1.82) is 0 Å². The average Bonchev–Trinajstić information content (AvgIpc) is 2.29. The van der Waals surface area contributed by atoms with Gasteiger partial charge in [-0.25, -0.2) is 0 Å². The van der Waals surface area contributed by atoms with Crippen molar-refractivity contribution in [2.75, 3.05) is 11.4 Å². The summed E-state index contributed by atoms with van der Waals surface area (Å²) in [6, 6.07) is 6.38. The molecule has 0 saturated heterocycles. The monoisotopic (exact) mass is 255 g/mol. The number of aliphatic hydroxyl groups is 1. The minimum absolute atomic E-state index is 0.494. The maximum atomic E-state index is 9.55. The van der Waals surface area contributed by atoms with Gasteiger partial charge in [-0.1, -0.05) is 24.6 Å². The summed E-state index contributed by atoms with van der Waals surface area (Å²) in [6.07, 6.45) is 0.582. The molecule has 2 unspecified atom stereocenters. The van der Waals surface area contributed by atoms with E-state index in [0.717, 1.165) is 24.2 Å². The van der Waals surface area contributed by atoms with E-state index in [1.165, 1.54) is 0 Å². The lowest BCUT2D eigenvalue weighted by Gasteiger charge is -2.30. The zero-order valence-corrected chi connectivity index (χ0v) is 11.8. The highest BCUT2D eigenvalue weighted by Gasteiger charge is 2.13. The molecule has 0 saturated carbocycles. The molecule has 0 aliphatic rings. The van der Waals surface area contributed by atoms with Crippen molar-refractivity contribution in [3.05, 3.63) is 28.8 Å². The lowest BCUT2D eigenvalue weighted by Crippen LogP contribution is -2.32. The number of aliphatic hydroxyl groups excluding tert-OH is 1. The Bertz CT molecular complexity index is 365. The Balaban J connectivity index is 3.03. The quantitative estimate of drug-likeness (QED) is 0.859. The number of halogens is 1. The highest BCUT2D eigenvalue weighted by atomic mass is 35.5. The fourth-order valence-corrected chi connectivity index (χ4v) is 2.34. The molecule has 1 aromatic carbocycles. The second-order valence-corrected chi connectivity index (χ2v) is 4.83. The van der Waals surface area contributed by atoms with E-state index >= 15 is 0 Å². The molecule has 17 heavy (non-hydrogen) atoms. The van der Waals surface area contributed by atoms with E-state index in [1.807, 2.05) is 18.2 Å². The van der Waals surface area contributed by atoms with Crippen LogP contribution in [0.2, 0.25) is 5.02 Å². The first-order valence-electron chi connectivity index (χ1n) is 6.25. The first-order chi connectivity index (χ1) is 8.01. The Morgan fingerprint density at radius 3 is 2.35 bits per heavy atom. The van der Waals surface area contributed by atoms with E-state index in [1.54, 1.807) is 6.92 Å². The third-order valence-electron chi connectivity index (χ3n) is 3.23. The van der Waals surface area contributed by atoms with Crippen LogP contribution in [0.3, 0.4) is 0 Å². The van der Waals surface area contributed by atoms with Crippen LogP contribution in [0, 0.1) is 0 Å². The van der Waals surface area contributed by atoms with Crippen LogP contribution < -0.4 is 4.90 Å². The second-order valence-electron chi connectivity index (χ2n) is 4.43. The van der Waals surface area contributed by atoms with Crippen LogP contribution in [0.4, 0.5) is 5.69 Å². The zero-order chi connectivity index (χ0) is 13.0. The minimum Gasteiger partial charge on any atom is -0.389 e. The van der Waals surface area contributed by atoms with E-state index in [-0.39, 0.29) is 0 Å². The lowest BCUT2D eigenvalue weighted by atomic mass is 10.1. The molecule has 0 fully saturated rings. The topological polar surface area (TPSA) is 23.5 Å². The van der Waals surface area contributed by atoms with Crippen molar-refractivity contribution < 1.29 is 5.11 Å². The van der Waals surface area contributed by atoms with Crippen molar-refractivity contribution in [2.24, 2.45) is 0 Å². The molecule has 1 rings (SSSR count). The first-order valence-corrected chi connectivity index (χ1v) is 6.63. The van der Waals surface area contributed by atoms with Gasteiger partial charge in [-0.2, -0.15) is 0 Å². The van der Waals surface area contributed by atoms with Crippen LogP contribution in [-0.4, -0.2) is 17.7 Å². The molecule has 0 aliphatic heterocycles. The van der Waals surface area contributed by atoms with E-state index in [9.17, 15) is 5.11 Å². The predicted octanol–water partition coefficient (Wildman–Crippen LogP) is 4.02. The summed E-state index contributed by atoms with van der Waals surface area (Å²) in [5.74, 6) is 0. The van der Waals surface area contributed by atoms with Crippen molar-refractivity contribution >= 4 is 17.3 Å². The van der Waals surface area contributed by atoms with E-state index in [0.29, 0.717) is 11.1 Å². The highest BCUT2D eigenvalue weighted by molar-refractivity contribution is 6.31. The predicted molar refractivity (Wildman–Crippen MR) is 74.9 cm³/mol. The number of benzene rings is 1. The Labute approximate surface area is 109 Å². The largest absolute Gasteiger partial charge is 0.389 e. The molecule has 1 aromatic rings. The molecule has 0 aromatic heterocycles. The minimum atomic E-state index is -0.518. The fourth-order valence-electron chi connectivity index (χ4n) is 2.00. The number of hydrogen-bond acceptors (Lipinski definition) is 2. The summed E-state index contributed by atoms with van der Waals surface area (Å²) in [5, 5.41) is 10.2. The average molecular weight is 256 g/mol. The molecule has 96 valence electrons. The molecule has 1 N–H and O–H groups in total. The molecule has 0 amide bonds. The van der Waals surface area contributed by atoms with Crippen molar-refractivity contribution in [3.8, 4) is 0 Å². The van der Waals surface area contributed by atoms with Crippen LogP contribution in [0.15, 0.2) is 18.2 Å². The van der Waals surface area contributed by atoms with Gasteiger partial charge in [0.15, 0.2) is 0 Å². The molecular weight excluding hydrogens is 234 g/mol. The van der Waals surface area contributed by atoms with Crippen molar-refractivity contribution in [3.63, 3.8) is 0 Å². The van der Waals surface area contributed by atoms with Gasteiger partial charge in [0, 0.05) is 23.3 Å². The van der Waals surface area contributed by atoms with E-state index < -0.39 is 6.10 Å². The lowest BCUT2D eigenvalue weighted by molar-refractivity contribution is 0.199. The number of hydrogen-bond donors (Lipinski definition) is 1. The van der Waals surface area contributed by atoms with Crippen molar-refractivity contribution in [1.82, 2.24) is 0 Å². The van der Waals surface area contributed by atoms with Gasteiger partial charge in [-0.3, -0.25) is 0 Å². The van der Waals surface area contributed by atoms with Gasteiger partial charge in [0.1, 0.15) is 0 Å². The Morgan fingerprint density at radius 1 is 1.29 bits per heavy atom. The van der Waals surface area contributed by atoms with Gasteiger partial charge in [0.25, 0.3) is 0 Å². The van der Waals surface area contributed by atoms with Crippen LogP contribution in [0.25, 0.3) is 0 Å². The standard InChI is InChI=1S/C14H22ClNO/c1-5-10(3)16(6-2)12-7-8-13(11(4)17)14(15)9-12/h7-11,17H,5-6H2,1-4H3. The second kappa shape index (κ2) is 6.27. The van der Waals surface area contributed by atoms with Crippen LogP contribution in [-0.2, 0) is 0 Å². The summed E-state index contributed by atoms with van der Waals surface area (Å²) in [6.45, 7) is 9.22. The fraction of sp³-hybridized carbons (Fsp3) is 0.571. The normalized spacial score (nSPS) is 14.5. The smallest absolute Gasteiger partial charge is 0.0776 e. The summed E-state index contributed by atoms with van der Waals surface area (Å²) in [5.41, 5.74) is 1.91. The van der Waals surface area contributed by atoms with Gasteiger partial charge < -0.3 is 10.0 Å². The Hall–Kier alpha value is -0.730. The molecule has 0 bridgehead atoms. The van der Waals surface area contributed by atoms with Gasteiger partial charge in [0.2, 0.25) is 0 Å².